The third kappa shape index (κ3) is 1.50. The van der Waals surface area contributed by atoms with Crippen molar-refractivity contribution in [2.45, 2.75) is 6.92 Å². The van der Waals surface area contributed by atoms with Gasteiger partial charge in [-0.2, -0.15) is 0 Å². The van der Waals surface area contributed by atoms with Gasteiger partial charge in [0.1, 0.15) is 0 Å². The Morgan fingerprint density at radius 3 is 2.71 bits per heavy atom. The summed E-state index contributed by atoms with van der Waals surface area (Å²) in [5.74, 6) is 0. The fourth-order valence-corrected chi connectivity index (χ4v) is 3.35. The summed E-state index contributed by atoms with van der Waals surface area (Å²) in [6.07, 6.45) is 0. The molecule has 0 radical (unpaired) electrons. The van der Waals surface area contributed by atoms with Gasteiger partial charge in [-0.25, -0.2) is 0 Å². The van der Waals surface area contributed by atoms with E-state index in [0.717, 1.165) is 20.1 Å². The maximum atomic E-state index is 9.14. The van der Waals surface area contributed by atoms with Crippen LogP contribution in [-0.2, 0) is 0 Å². The lowest BCUT2D eigenvalue weighted by Gasteiger charge is -2.05. The van der Waals surface area contributed by atoms with Crippen LogP contribution in [0.2, 0.25) is 0 Å². The highest BCUT2D eigenvalue weighted by molar-refractivity contribution is 9.10. The number of hydrogen-bond donors (Lipinski definition) is 2. The molecule has 1 heterocycles. The van der Waals surface area contributed by atoms with Gasteiger partial charge < -0.3 is 10.0 Å². The quantitative estimate of drug-likeness (QED) is 0.774. The van der Waals surface area contributed by atoms with Crippen LogP contribution in [-0.4, -0.2) is 17.2 Å². The van der Waals surface area contributed by atoms with Crippen LogP contribution in [0.15, 0.2) is 22.0 Å². The second-order valence-corrected chi connectivity index (χ2v) is 4.88. The van der Waals surface area contributed by atoms with Crippen molar-refractivity contribution >= 4 is 49.9 Å². The van der Waals surface area contributed by atoms with Crippen LogP contribution < -0.4 is 5.46 Å². The van der Waals surface area contributed by atoms with Crippen molar-refractivity contribution in [1.82, 2.24) is 0 Å². The van der Waals surface area contributed by atoms with Crippen molar-refractivity contribution < 1.29 is 10.0 Å². The van der Waals surface area contributed by atoms with Gasteiger partial charge in [0, 0.05) is 19.9 Å². The Balaban J connectivity index is 2.79. The highest BCUT2D eigenvalue weighted by atomic mass is 79.9. The molecule has 2 rings (SSSR count). The minimum absolute atomic E-state index is 0.566. The molecule has 0 bridgehead atoms. The van der Waals surface area contributed by atoms with Crippen LogP contribution in [0, 0.1) is 6.92 Å². The molecule has 0 saturated carbocycles. The predicted octanol–water partition coefficient (Wildman–Crippen LogP) is 1.65. The van der Waals surface area contributed by atoms with E-state index < -0.39 is 7.12 Å². The van der Waals surface area contributed by atoms with Crippen molar-refractivity contribution in [3.63, 3.8) is 0 Å². The molecule has 0 unspecified atom stereocenters. The third-order valence-electron chi connectivity index (χ3n) is 2.28. The van der Waals surface area contributed by atoms with E-state index in [-0.39, 0.29) is 0 Å². The molecule has 0 spiro atoms. The number of benzene rings is 1. The monoisotopic (exact) mass is 270 g/mol. The summed E-state index contributed by atoms with van der Waals surface area (Å²) in [6.45, 7) is 1.90. The molecular formula is C9H8BBrO2S. The van der Waals surface area contributed by atoms with Crippen LogP contribution in [0.1, 0.15) is 5.56 Å². The lowest BCUT2D eigenvalue weighted by molar-refractivity contribution is 0.425. The Hall–Kier alpha value is -0.355. The normalized spacial score (nSPS) is 10.9. The summed E-state index contributed by atoms with van der Waals surface area (Å²) in [5, 5.41) is 21.3. The Kier molecular flexibility index (Phi) is 2.66. The molecule has 0 amide bonds. The number of aryl methyl sites for hydroxylation is 1. The molecule has 0 aliphatic carbocycles. The standard InChI is InChI=1S/C9H8BBrO2S/c1-5-6(10(12)13)2-3-8-9(5)7(11)4-14-8/h2-4,12-13H,1H3. The first kappa shape index (κ1) is 10.2. The molecule has 72 valence electrons. The smallest absolute Gasteiger partial charge is 0.423 e. The van der Waals surface area contributed by atoms with Gasteiger partial charge in [0.2, 0.25) is 0 Å². The van der Waals surface area contributed by atoms with Gasteiger partial charge in [-0.1, -0.05) is 6.07 Å². The summed E-state index contributed by atoms with van der Waals surface area (Å²) in [7, 11) is -1.40. The molecular weight excluding hydrogens is 263 g/mol. The van der Waals surface area contributed by atoms with Crippen LogP contribution in [0.5, 0.6) is 0 Å². The highest BCUT2D eigenvalue weighted by Crippen LogP contribution is 2.31. The summed E-state index contributed by atoms with van der Waals surface area (Å²) in [5.41, 5.74) is 1.49. The minimum atomic E-state index is -1.40. The van der Waals surface area contributed by atoms with E-state index in [1.54, 1.807) is 17.4 Å². The number of hydrogen-bond acceptors (Lipinski definition) is 3. The Labute approximate surface area is 94.5 Å². The number of rotatable bonds is 1. The number of thiophene rings is 1. The molecule has 0 atom stereocenters. The number of fused-ring (bicyclic) bond motifs is 1. The topological polar surface area (TPSA) is 40.5 Å². The van der Waals surface area contributed by atoms with Crippen molar-refractivity contribution in [2.75, 3.05) is 0 Å². The number of halogens is 1. The SMILES string of the molecule is Cc1c(B(O)O)ccc2scc(Br)c12. The van der Waals surface area contributed by atoms with Crippen LogP contribution in [0.3, 0.4) is 0 Å². The zero-order chi connectivity index (χ0) is 10.3. The zero-order valence-electron chi connectivity index (χ0n) is 7.49. The van der Waals surface area contributed by atoms with Gasteiger partial charge in [0.25, 0.3) is 0 Å². The van der Waals surface area contributed by atoms with Crippen LogP contribution in [0.4, 0.5) is 0 Å². The largest absolute Gasteiger partial charge is 0.488 e. The zero-order valence-corrected chi connectivity index (χ0v) is 9.89. The molecule has 1 aromatic heterocycles. The predicted molar refractivity (Wildman–Crippen MR) is 64.1 cm³/mol. The molecule has 2 aromatic rings. The Bertz CT molecular complexity index is 481. The second-order valence-electron chi connectivity index (χ2n) is 3.11. The minimum Gasteiger partial charge on any atom is -0.423 e. The molecule has 1 aromatic carbocycles. The van der Waals surface area contributed by atoms with Crippen molar-refractivity contribution in [1.29, 1.82) is 0 Å². The maximum absolute atomic E-state index is 9.14. The van der Waals surface area contributed by atoms with Crippen molar-refractivity contribution in [2.24, 2.45) is 0 Å². The van der Waals surface area contributed by atoms with Gasteiger partial charge in [0.05, 0.1) is 0 Å². The molecule has 0 fully saturated rings. The summed E-state index contributed by atoms with van der Waals surface area (Å²) >= 11 is 5.09. The highest BCUT2D eigenvalue weighted by Gasteiger charge is 2.17. The van der Waals surface area contributed by atoms with E-state index in [0.29, 0.717) is 5.46 Å². The van der Waals surface area contributed by atoms with Gasteiger partial charge >= 0.3 is 7.12 Å². The Morgan fingerprint density at radius 1 is 1.36 bits per heavy atom. The van der Waals surface area contributed by atoms with E-state index in [1.165, 1.54) is 0 Å². The van der Waals surface area contributed by atoms with Gasteiger partial charge in [-0.3, -0.25) is 0 Å². The van der Waals surface area contributed by atoms with Crippen molar-refractivity contribution in [3.05, 3.63) is 27.5 Å². The first-order chi connectivity index (χ1) is 6.61. The van der Waals surface area contributed by atoms with Gasteiger partial charge in [-0.05, 0) is 39.9 Å². The lowest BCUT2D eigenvalue weighted by atomic mass is 9.76. The van der Waals surface area contributed by atoms with E-state index in [2.05, 4.69) is 15.9 Å². The van der Waals surface area contributed by atoms with E-state index in [4.69, 9.17) is 10.0 Å². The first-order valence-electron chi connectivity index (χ1n) is 4.13. The van der Waals surface area contributed by atoms with E-state index in [1.807, 2.05) is 18.4 Å². The van der Waals surface area contributed by atoms with Crippen molar-refractivity contribution in [3.8, 4) is 0 Å². The summed E-state index contributed by atoms with van der Waals surface area (Å²) < 4.78 is 2.16. The molecule has 2 N–H and O–H groups in total. The average molecular weight is 271 g/mol. The summed E-state index contributed by atoms with van der Waals surface area (Å²) in [4.78, 5) is 0. The fourth-order valence-electron chi connectivity index (χ4n) is 1.55. The van der Waals surface area contributed by atoms with Crippen LogP contribution >= 0.6 is 27.3 Å². The van der Waals surface area contributed by atoms with Gasteiger partial charge in [0.15, 0.2) is 0 Å². The molecule has 14 heavy (non-hydrogen) atoms. The first-order valence-corrected chi connectivity index (χ1v) is 5.81. The molecule has 5 heteroatoms. The summed E-state index contributed by atoms with van der Waals surface area (Å²) in [6, 6.07) is 3.66. The molecule has 0 aliphatic rings. The molecule has 2 nitrogen and oxygen atoms in total. The van der Waals surface area contributed by atoms with Gasteiger partial charge in [-0.15, -0.1) is 11.3 Å². The fraction of sp³-hybridized carbons (Fsp3) is 0.111. The molecule has 0 saturated heterocycles. The third-order valence-corrected chi connectivity index (χ3v) is 4.15. The van der Waals surface area contributed by atoms with E-state index >= 15 is 0 Å². The van der Waals surface area contributed by atoms with Crippen LogP contribution in [0.25, 0.3) is 10.1 Å². The van der Waals surface area contributed by atoms with E-state index in [9.17, 15) is 0 Å². The molecule has 0 aliphatic heterocycles. The lowest BCUT2D eigenvalue weighted by Crippen LogP contribution is -2.31. The maximum Gasteiger partial charge on any atom is 0.488 e. The second kappa shape index (κ2) is 3.66. The average Bonchev–Trinajstić information content (AvgIpc) is 2.48. The Morgan fingerprint density at radius 2 is 2.07 bits per heavy atom.